The van der Waals surface area contributed by atoms with Gasteiger partial charge in [0.25, 0.3) is 5.91 Å². The fourth-order valence-electron chi connectivity index (χ4n) is 2.49. The first-order valence-corrected chi connectivity index (χ1v) is 8.12. The molecule has 1 saturated heterocycles. The second-order valence-corrected chi connectivity index (χ2v) is 6.01. The van der Waals surface area contributed by atoms with Gasteiger partial charge < -0.3 is 20.7 Å². The Labute approximate surface area is 137 Å². The van der Waals surface area contributed by atoms with Gasteiger partial charge in [-0.2, -0.15) is 0 Å². The number of amides is 3. The molecule has 2 rings (SSSR count). The molecule has 3 N–H and O–H groups in total. The van der Waals surface area contributed by atoms with Crippen molar-refractivity contribution in [3.8, 4) is 0 Å². The second kappa shape index (κ2) is 8.53. The Hall–Kier alpha value is -2.08. The lowest BCUT2D eigenvalue weighted by Crippen LogP contribution is -2.34. The zero-order valence-corrected chi connectivity index (χ0v) is 13.7. The third-order valence-electron chi connectivity index (χ3n) is 3.58. The number of hydrogen-bond acceptors (Lipinski definition) is 3. The molecule has 0 aromatic heterocycles. The number of hydrogen-bond donors (Lipinski definition) is 3. The van der Waals surface area contributed by atoms with Gasteiger partial charge in [0.05, 0.1) is 6.10 Å². The van der Waals surface area contributed by atoms with E-state index in [1.807, 2.05) is 13.8 Å². The highest BCUT2D eigenvalue weighted by Gasteiger charge is 2.15. The number of anilines is 1. The Morgan fingerprint density at radius 3 is 2.87 bits per heavy atom. The second-order valence-electron chi connectivity index (χ2n) is 6.01. The van der Waals surface area contributed by atoms with Gasteiger partial charge in [-0.25, -0.2) is 4.79 Å². The summed E-state index contributed by atoms with van der Waals surface area (Å²) in [6.45, 7) is 5.19. The molecule has 0 radical (unpaired) electrons. The molecule has 0 unspecified atom stereocenters. The molecule has 6 nitrogen and oxygen atoms in total. The van der Waals surface area contributed by atoms with Crippen LogP contribution in [0.4, 0.5) is 10.5 Å². The molecule has 0 aliphatic carbocycles. The van der Waals surface area contributed by atoms with E-state index in [1.54, 1.807) is 24.3 Å². The first-order valence-electron chi connectivity index (χ1n) is 8.12. The van der Waals surface area contributed by atoms with E-state index in [2.05, 4.69) is 16.0 Å². The molecule has 0 saturated carbocycles. The molecule has 1 heterocycles. The van der Waals surface area contributed by atoms with Crippen LogP contribution in [-0.2, 0) is 4.74 Å². The van der Waals surface area contributed by atoms with E-state index in [-0.39, 0.29) is 24.1 Å². The lowest BCUT2D eigenvalue weighted by Gasteiger charge is -2.12. The molecule has 1 aromatic rings. The van der Waals surface area contributed by atoms with E-state index < -0.39 is 0 Å². The Balaban J connectivity index is 1.82. The number of benzene rings is 1. The van der Waals surface area contributed by atoms with Crippen molar-refractivity contribution in [1.82, 2.24) is 10.6 Å². The van der Waals surface area contributed by atoms with Gasteiger partial charge >= 0.3 is 6.03 Å². The molecule has 3 amide bonds. The topological polar surface area (TPSA) is 79.5 Å². The first kappa shape index (κ1) is 17.3. The van der Waals surface area contributed by atoms with E-state index in [0.717, 1.165) is 25.9 Å². The fourth-order valence-corrected chi connectivity index (χ4v) is 2.49. The van der Waals surface area contributed by atoms with Crippen molar-refractivity contribution in [2.45, 2.75) is 45.3 Å². The van der Waals surface area contributed by atoms with Crippen LogP contribution in [0.15, 0.2) is 24.3 Å². The predicted molar refractivity (Wildman–Crippen MR) is 89.7 cm³/mol. The van der Waals surface area contributed by atoms with Crippen LogP contribution in [0.3, 0.4) is 0 Å². The van der Waals surface area contributed by atoms with Gasteiger partial charge in [0.1, 0.15) is 0 Å². The van der Waals surface area contributed by atoms with Gasteiger partial charge in [-0.3, -0.25) is 4.79 Å². The molecule has 126 valence electrons. The Morgan fingerprint density at radius 2 is 2.17 bits per heavy atom. The third kappa shape index (κ3) is 5.90. The minimum absolute atomic E-state index is 0.0549. The van der Waals surface area contributed by atoms with Gasteiger partial charge in [0, 0.05) is 30.4 Å². The van der Waals surface area contributed by atoms with Gasteiger partial charge in [-0.1, -0.05) is 6.07 Å². The number of nitrogens with one attached hydrogen (secondary N) is 3. The normalized spacial score (nSPS) is 17.1. The lowest BCUT2D eigenvalue weighted by atomic mass is 10.1. The number of urea groups is 1. The summed E-state index contributed by atoms with van der Waals surface area (Å²) in [4.78, 5) is 23.8. The summed E-state index contributed by atoms with van der Waals surface area (Å²) in [5.74, 6) is -0.143. The van der Waals surface area contributed by atoms with E-state index in [1.165, 1.54) is 0 Å². The van der Waals surface area contributed by atoms with Crippen molar-refractivity contribution < 1.29 is 14.3 Å². The van der Waals surface area contributed by atoms with Crippen molar-refractivity contribution in [2.24, 2.45) is 0 Å². The average Bonchev–Trinajstić information content (AvgIpc) is 2.99. The minimum Gasteiger partial charge on any atom is -0.378 e. The van der Waals surface area contributed by atoms with Crippen LogP contribution in [0.25, 0.3) is 0 Å². The van der Waals surface area contributed by atoms with Crippen LogP contribution in [0.5, 0.6) is 0 Å². The third-order valence-corrected chi connectivity index (χ3v) is 3.58. The summed E-state index contributed by atoms with van der Waals surface area (Å²) in [5, 5.41) is 8.35. The first-order chi connectivity index (χ1) is 11.0. The zero-order valence-electron chi connectivity index (χ0n) is 13.7. The summed E-state index contributed by atoms with van der Waals surface area (Å²) in [5.41, 5.74) is 1.12. The molecular formula is C17H25N3O3. The van der Waals surface area contributed by atoms with Crippen molar-refractivity contribution in [3.63, 3.8) is 0 Å². The van der Waals surface area contributed by atoms with E-state index in [4.69, 9.17) is 4.74 Å². The summed E-state index contributed by atoms with van der Waals surface area (Å²) >= 11 is 0. The molecular weight excluding hydrogens is 294 g/mol. The SMILES string of the molecule is CC(C)NC(=O)Nc1cccc(C(=O)NCC[C@@H]2CCCO2)c1. The summed E-state index contributed by atoms with van der Waals surface area (Å²) in [6, 6.07) is 6.67. The quantitative estimate of drug-likeness (QED) is 0.754. The van der Waals surface area contributed by atoms with Gasteiger partial charge in [0.2, 0.25) is 0 Å². The van der Waals surface area contributed by atoms with Crippen LogP contribution >= 0.6 is 0 Å². The maximum absolute atomic E-state index is 12.2. The highest BCUT2D eigenvalue weighted by molar-refractivity contribution is 5.96. The van der Waals surface area contributed by atoms with Crippen molar-refractivity contribution >= 4 is 17.6 Å². The molecule has 1 aliphatic rings. The molecule has 0 bridgehead atoms. The molecule has 23 heavy (non-hydrogen) atoms. The molecule has 1 aromatic carbocycles. The predicted octanol–water partition coefficient (Wildman–Crippen LogP) is 2.52. The Bertz CT molecular complexity index is 540. The van der Waals surface area contributed by atoms with Gasteiger partial charge in [-0.15, -0.1) is 0 Å². The Kier molecular flexibility index (Phi) is 6.40. The monoisotopic (exact) mass is 319 g/mol. The maximum Gasteiger partial charge on any atom is 0.319 e. The highest BCUT2D eigenvalue weighted by atomic mass is 16.5. The smallest absolute Gasteiger partial charge is 0.319 e. The number of rotatable bonds is 6. The molecule has 6 heteroatoms. The minimum atomic E-state index is -0.282. The average molecular weight is 319 g/mol. The van der Waals surface area contributed by atoms with Crippen LogP contribution in [0, 0.1) is 0 Å². The van der Waals surface area contributed by atoms with E-state index in [0.29, 0.717) is 17.8 Å². The molecule has 0 spiro atoms. The summed E-state index contributed by atoms with van der Waals surface area (Å²) in [6.07, 6.45) is 3.27. The summed E-state index contributed by atoms with van der Waals surface area (Å²) in [7, 11) is 0. The van der Waals surface area contributed by atoms with Crippen molar-refractivity contribution in [2.75, 3.05) is 18.5 Å². The van der Waals surface area contributed by atoms with E-state index >= 15 is 0 Å². The largest absolute Gasteiger partial charge is 0.378 e. The zero-order chi connectivity index (χ0) is 16.7. The fraction of sp³-hybridized carbons (Fsp3) is 0.529. The molecule has 1 fully saturated rings. The number of carbonyl (C=O) groups excluding carboxylic acids is 2. The lowest BCUT2D eigenvalue weighted by molar-refractivity contribution is 0.0907. The molecule has 1 aliphatic heterocycles. The van der Waals surface area contributed by atoms with E-state index in [9.17, 15) is 9.59 Å². The van der Waals surface area contributed by atoms with Crippen molar-refractivity contribution in [3.05, 3.63) is 29.8 Å². The maximum atomic E-state index is 12.2. The van der Waals surface area contributed by atoms with Gasteiger partial charge in [0.15, 0.2) is 0 Å². The Morgan fingerprint density at radius 1 is 1.35 bits per heavy atom. The van der Waals surface area contributed by atoms with Crippen LogP contribution in [0.2, 0.25) is 0 Å². The molecule has 1 atom stereocenters. The highest BCUT2D eigenvalue weighted by Crippen LogP contribution is 2.15. The number of carbonyl (C=O) groups is 2. The standard InChI is InChI=1S/C17H25N3O3/c1-12(2)19-17(22)20-14-6-3-5-13(11-14)16(21)18-9-8-15-7-4-10-23-15/h3,5-6,11-12,15H,4,7-10H2,1-2H3,(H,18,21)(H2,19,20,22)/t15-/m0/s1. The van der Waals surface area contributed by atoms with Crippen LogP contribution in [0.1, 0.15) is 43.5 Å². The van der Waals surface area contributed by atoms with Crippen LogP contribution in [-0.4, -0.2) is 37.2 Å². The van der Waals surface area contributed by atoms with Crippen LogP contribution < -0.4 is 16.0 Å². The van der Waals surface area contributed by atoms with Crippen molar-refractivity contribution in [1.29, 1.82) is 0 Å². The summed E-state index contributed by atoms with van der Waals surface area (Å²) < 4.78 is 5.53. The number of ether oxygens (including phenoxy) is 1. The van der Waals surface area contributed by atoms with Gasteiger partial charge in [-0.05, 0) is 51.3 Å².